The number of carbonyl (C=O) groups excluding carboxylic acids is 1. The van der Waals surface area contributed by atoms with E-state index in [4.69, 9.17) is 14.2 Å². The first-order chi connectivity index (χ1) is 14.8. The maximum Gasteiger partial charge on any atom is 0.244 e. The fourth-order valence-electron chi connectivity index (χ4n) is 3.01. The number of nitrogens with zero attached hydrogens (tertiary/aromatic N) is 1. The molecule has 6 nitrogen and oxygen atoms in total. The number of carbonyl (C=O) groups is 1. The van der Waals surface area contributed by atoms with Crippen molar-refractivity contribution < 1.29 is 19.0 Å². The van der Waals surface area contributed by atoms with Crippen LogP contribution in [0.2, 0.25) is 0 Å². The Morgan fingerprint density at radius 1 is 1.07 bits per heavy atom. The molecule has 1 N–H and O–H groups in total. The normalized spacial score (nSPS) is 12.5. The number of fused-ring (bicyclic) bond motifs is 1. The molecule has 3 aromatic rings. The van der Waals surface area contributed by atoms with Crippen LogP contribution in [0.5, 0.6) is 17.2 Å². The summed E-state index contributed by atoms with van der Waals surface area (Å²) in [6, 6.07) is 17.1. The van der Waals surface area contributed by atoms with Gasteiger partial charge in [-0.3, -0.25) is 9.78 Å². The average Bonchev–Trinajstić information content (AvgIpc) is 2.81. The molecule has 30 heavy (non-hydrogen) atoms. The molecule has 1 aliphatic heterocycles. The Balaban J connectivity index is 1.28. The smallest absolute Gasteiger partial charge is 0.244 e. The first kappa shape index (κ1) is 19.5. The topological polar surface area (TPSA) is 69.7 Å². The molecule has 0 spiro atoms. The molecular formula is C24H22N2O4. The third-order valence-corrected chi connectivity index (χ3v) is 4.54. The van der Waals surface area contributed by atoms with Crippen molar-refractivity contribution in [2.45, 2.75) is 13.2 Å². The zero-order valence-corrected chi connectivity index (χ0v) is 16.4. The zero-order valence-electron chi connectivity index (χ0n) is 16.4. The van der Waals surface area contributed by atoms with Gasteiger partial charge in [0, 0.05) is 36.1 Å². The van der Waals surface area contributed by atoms with Gasteiger partial charge in [-0.15, -0.1) is 0 Å². The fourth-order valence-corrected chi connectivity index (χ4v) is 3.01. The summed E-state index contributed by atoms with van der Waals surface area (Å²) in [5.41, 5.74) is 2.81. The SMILES string of the molecule is O=C(/C=C/c1ccc(OCc2cccnc2)cc1)NCc1cccc2c1OCCO2. The van der Waals surface area contributed by atoms with Gasteiger partial charge in [-0.1, -0.05) is 30.3 Å². The molecule has 0 atom stereocenters. The number of hydrogen-bond donors (Lipinski definition) is 1. The molecule has 4 rings (SSSR count). The molecule has 0 aliphatic carbocycles. The van der Waals surface area contributed by atoms with Gasteiger partial charge in [-0.2, -0.15) is 0 Å². The summed E-state index contributed by atoms with van der Waals surface area (Å²) in [6.07, 6.45) is 6.79. The molecule has 2 aromatic carbocycles. The van der Waals surface area contributed by atoms with Crippen molar-refractivity contribution in [3.8, 4) is 17.2 Å². The minimum atomic E-state index is -0.179. The van der Waals surface area contributed by atoms with Crippen molar-refractivity contribution in [2.75, 3.05) is 13.2 Å². The summed E-state index contributed by atoms with van der Waals surface area (Å²) in [5.74, 6) is 2.00. The van der Waals surface area contributed by atoms with E-state index in [0.717, 1.165) is 28.2 Å². The van der Waals surface area contributed by atoms with Crippen LogP contribution in [-0.4, -0.2) is 24.1 Å². The molecular weight excluding hydrogens is 380 g/mol. The van der Waals surface area contributed by atoms with E-state index in [-0.39, 0.29) is 5.91 Å². The van der Waals surface area contributed by atoms with Gasteiger partial charge in [0.05, 0.1) is 0 Å². The van der Waals surface area contributed by atoms with Crippen molar-refractivity contribution in [2.24, 2.45) is 0 Å². The second-order valence-corrected chi connectivity index (χ2v) is 6.71. The van der Waals surface area contributed by atoms with Crippen LogP contribution in [0.3, 0.4) is 0 Å². The Morgan fingerprint density at radius 2 is 1.93 bits per heavy atom. The first-order valence-corrected chi connectivity index (χ1v) is 9.73. The van der Waals surface area contributed by atoms with Crippen LogP contribution in [0.15, 0.2) is 73.1 Å². The first-order valence-electron chi connectivity index (χ1n) is 9.73. The maximum absolute atomic E-state index is 12.2. The second-order valence-electron chi connectivity index (χ2n) is 6.71. The Bertz CT molecular complexity index is 1020. The predicted molar refractivity (Wildman–Crippen MR) is 113 cm³/mol. The van der Waals surface area contributed by atoms with Gasteiger partial charge in [-0.25, -0.2) is 0 Å². The van der Waals surface area contributed by atoms with Crippen LogP contribution in [0.25, 0.3) is 6.08 Å². The molecule has 0 radical (unpaired) electrons. The minimum absolute atomic E-state index is 0.179. The van der Waals surface area contributed by atoms with Crippen molar-refractivity contribution >= 4 is 12.0 Å². The number of nitrogens with one attached hydrogen (secondary N) is 1. The highest BCUT2D eigenvalue weighted by atomic mass is 16.6. The van der Waals surface area contributed by atoms with Gasteiger partial charge in [0.2, 0.25) is 5.91 Å². The van der Waals surface area contributed by atoms with E-state index in [2.05, 4.69) is 10.3 Å². The summed E-state index contributed by atoms with van der Waals surface area (Å²) in [6.45, 7) is 1.89. The number of benzene rings is 2. The third-order valence-electron chi connectivity index (χ3n) is 4.54. The second kappa shape index (κ2) is 9.60. The van der Waals surface area contributed by atoms with Crippen LogP contribution in [-0.2, 0) is 17.9 Å². The summed E-state index contributed by atoms with van der Waals surface area (Å²) in [4.78, 5) is 16.3. The lowest BCUT2D eigenvalue weighted by molar-refractivity contribution is -0.116. The van der Waals surface area contributed by atoms with Crippen molar-refractivity contribution in [1.82, 2.24) is 10.3 Å². The van der Waals surface area contributed by atoms with Crippen molar-refractivity contribution in [1.29, 1.82) is 0 Å². The lowest BCUT2D eigenvalue weighted by Gasteiger charge is -2.20. The van der Waals surface area contributed by atoms with E-state index >= 15 is 0 Å². The van der Waals surface area contributed by atoms with Crippen LogP contribution in [0.4, 0.5) is 0 Å². The van der Waals surface area contributed by atoms with Crippen molar-refractivity contribution in [3.05, 3.63) is 89.8 Å². The Labute approximate surface area is 175 Å². The minimum Gasteiger partial charge on any atom is -0.489 e. The molecule has 1 amide bonds. The lowest BCUT2D eigenvalue weighted by Crippen LogP contribution is -2.22. The quantitative estimate of drug-likeness (QED) is 0.610. The summed E-state index contributed by atoms with van der Waals surface area (Å²) < 4.78 is 17.0. The van der Waals surface area contributed by atoms with Gasteiger partial charge in [0.1, 0.15) is 25.6 Å². The van der Waals surface area contributed by atoms with Gasteiger partial charge in [0.15, 0.2) is 11.5 Å². The molecule has 0 saturated heterocycles. The van der Waals surface area contributed by atoms with E-state index in [9.17, 15) is 4.79 Å². The molecule has 1 aromatic heterocycles. The third kappa shape index (κ3) is 5.17. The number of para-hydroxylation sites is 1. The molecule has 0 bridgehead atoms. The Morgan fingerprint density at radius 3 is 2.77 bits per heavy atom. The van der Waals surface area contributed by atoms with E-state index in [1.807, 2.05) is 54.6 Å². The highest BCUT2D eigenvalue weighted by Gasteiger charge is 2.15. The molecule has 0 saturated carbocycles. The average molecular weight is 402 g/mol. The standard InChI is InChI=1S/C24H22N2O4/c27-23(26-16-20-4-1-5-22-24(20)29-14-13-28-22)11-8-18-6-9-21(10-7-18)30-17-19-3-2-12-25-15-19/h1-12,15H,13-14,16-17H2,(H,26,27)/b11-8+. The summed E-state index contributed by atoms with van der Waals surface area (Å²) in [7, 11) is 0. The maximum atomic E-state index is 12.2. The number of amides is 1. The Hall–Kier alpha value is -3.80. The van der Waals surface area contributed by atoms with Gasteiger partial charge >= 0.3 is 0 Å². The lowest BCUT2D eigenvalue weighted by atomic mass is 10.1. The monoisotopic (exact) mass is 402 g/mol. The van der Waals surface area contributed by atoms with E-state index < -0.39 is 0 Å². The molecule has 152 valence electrons. The summed E-state index contributed by atoms with van der Waals surface area (Å²) >= 11 is 0. The van der Waals surface area contributed by atoms with Crippen LogP contribution in [0, 0.1) is 0 Å². The molecule has 0 fully saturated rings. The van der Waals surface area contributed by atoms with Crippen LogP contribution < -0.4 is 19.5 Å². The Kier molecular flexibility index (Phi) is 6.25. The van der Waals surface area contributed by atoms with E-state index in [1.54, 1.807) is 18.5 Å². The van der Waals surface area contributed by atoms with E-state index in [0.29, 0.717) is 32.1 Å². The number of ether oxygens (including phenoxy) is 3. The van der Waals surface area contributed by atoms with Gasteiger partial charge in [-0.05, 0) is 35.9 Å². The van der Waals surface area contributed by atoms with E-state index in [1.165, 1.54) is 6.08 Å². The van der Waals surface area contributed by atoms with Gasteiger partial charge in [0.25, 0.3) is 0 Å². The van der Waals surface area contributed by atoms with Crippen molar-refractivity contribution in [3.63, 3.8) is 0 Å². The van der Waals surface area contributed by atoms with Crippen LogP contribution in [0.1, 0.15) is 16.7 Å². The zero-order chi connectivity index (χ0) is 20.6. The molecule has 2 heterocycles. The number of aromatic nitrogens is 1. The molecule has 1 aliphatic rings. The predicted octanol–water partition coefficient (Wildman–Crippen LogP) is 3.76. The highest BCUT2D eigenvalue weighted by molar-refractivity contribution is 5.91. The largest absolute Gasteiger partial charge is 0.489 e. The fraction of sp³-hybridized carbons (Fsp3) is 0.167. The summed E-state index contributed by atoms with van der Waals surface area (Å²) in [5, 5.41) is 2.88. The van der Waals surface area contributed by atoms with Crippen LogP contribution >= 0.6 is 0 Å². The highest BCUT2D eigenvalue weighted by Crippen LogP contribution is 2.33. The number of hydrogen-bond acceptors (Lipinski definition) is 5. The molecule has 0 unspecified atom stereocenters. The number of pyridine rings is 1. The van der Waals surface area contributed by atoms with Gasteiger partial charge < -0.3 is 19.5 Å². The number of rotatable bonds is 7. The molecule has 6 heteroatoms.